The van der Waals surface area contributed by atoms with E-state index in [0.29, 0.717) is 12.8 Å². The van der Waals surface area contributed by atoms with Gasteiger partial charge < -0.3 is 0 Å². The Bertz CT molecular complexity index is 238. The van der Waals surface area contributed by atoms with Gasteiger partial charge in [-0.2, -0.15) is 0 Å². The van der Waals surface area contributed by atoms with Crippen LogP contribution in [0.2, 0.25) is 0 Å². The van der Waals surface area contributed by atoms with E-state index in [-0.39, 0.29) is 11.8 Å². The molecule has 14 heavy (non-hydrogen) atoms. The number of nitrogens with two attached hydrogens (primary N) is 2. The lowest BCUT2D eigenvalue weighted by Gasteiger charge is -2.24. The van der Waals surface area contributed by atoms with Crippen LogP contribution in [0.15, 0.2) is 12.2 Å². The summed E-state index contributed by atoms with van der Waals surface area (Å²) in [6.07, 6.45) is 4.75. The highest BCUT2D eigenvalue weighted by Gasteiger charge is 2.33. The van der Waals surface area contributed by atoms with E-state index in [9.17, 15) is 9.59 Å². The van der Waals surface area contributed by atoms with Crippen LogP contribution in [0.1, 0.15) is 12.8 Å². The third kappa shape index (κ3) is 2.09. The number of carbonyl (C=O) groups is 2. The van der Waals surface area contributed by atoms with Gasteiger partial charge >= 0.3 is 0 Å². The molecule has 0 aromatic heterocycles. The lowest BCUT2D eigenvalue weighted by molar-refractivity contribution is -0.135. The average Bonchev–Trinajstić information content (AvgIpc) is 2.27. The van der Waals surface area contributed by atoms with Gasteiger partial charge in [-0.15, -0.1) is 0 Å². The first-order valence-corrected chi connectivity index (χ1v) is 4.36. The Morgan fingerprint density at radius 2 is 1.36 bits per heavy atom. The largest absolute Gasteiger partial charge is 0.294 e. The molecule has 1 aliphatic carbocycles. The minimum Gasteiger partial charge on any atom is -0.294 e. The molecule has 6 N–H and O–H groups in total. The van der Waals surface area contributed by atoms with Crippen LogP contribution in [0, 0.1) is 11.8 Å². The standard InChI is InChI=1S/C8H14N4O2/c9-11-7(13)5-3-1-2-4-6(5)8(14)12-10/h1-2,5-6H,3-4,9-10H2,(H,11,13)(H,12,14)/t5-,6-/m0/s1. The predicted octanol–water partition coefficient (Wildman–Crippen LogP) is -1.45. The fourth-order valence-corrected chi connectivity index (χ4v) is 1.61. The highest BCUT2D eigenvalue weighted by atomic mass is 16.2. The molecule has 2 atom stereocenters. The van der Waals surface area contributed by atoms with Crippen LogP contribution in [0.3, 0.4) is 0 Å². The number of allylic oxidation sites excluding steroid dienone is 2. The molecule has 1 rings (SSSR count). The Balaban J connectivity index is 2.75. The third-order valence-electron chi connectivity index (χ3n) is 2.39. The molecule has 0 radical (unpaired) electrons. The van der Waals surface area contributed by atoms with Gasteiger partial charge in [0.25, 0.3) is 0 Å². The second-order valence-electron chi connectivity index (χ2n) is 3.17. The minimum atomic E-state index is -0.423. The lowest BCUT2D eigenvalue weighted by atomic mass is 9.82. The van der Waals surface area contributed by atoms with Crippen LogP contribution in [0.25, 0.3) is 0 Å². The van der Waals surface area contributed by atoms with Crippen molar-refractivity contribution in [3.63, 3.8) is 0 Å². The number of hydrogen-bond acceptors (Lipinski definition) is 4. The Hall–Kier alpha value is -1.40. The zero-order chi connectivity index (χ0) is 10.6. The molecule has 0 spiro atoms. The summed E-state index contributed by atoms with van der Waals surface area (Å²) in [5, 5.41) is 0. The molecule has 0 fully saturated rings. The van der Waals surface area contributed by atoms with Gasteiger partial charge in [-0.3, -0.25) is 20.4 Å². The molecular weight excluding hydrogens is 184 g/mol. The summed E-state index contributed by atoms with van der Waals surface area (Å²) in [7, 11) is 0. The SMILES string of the molecule is NNC(=O)[C@H]1CC=CC[C@@H]1C(=O)NN. The first-order chi connectivity index (χ1) is 6.70. The zero-order valence-corrected chi connectivity index (χ0v) is 7.69. The van der Waals surface area contributed by atoms with Crippen LogP contribution in [0.5, 0.6) is 0 Å². The average molecular weight is 198 g/mol. The van der Waals surface area contributed by atoms with Crippen molar-refractivity contribution in [2.24, 2.45) is 23.5 Å². The minimum absolute atomic E-state index is 0.331. The van der Waals surface area contributed by atoms with Crippen molar-refractivity contribution >= 4 is 11.8 Å². The van der Waals surface area contributed by atoms with Gasteiger partial charge in [0.2, 0.25) is 11.8 Å². The van der Waals surface area contributed by atoms with E-state index in [0.717, 1.165) is 0 Å². The van der Waals surface area contributed by atoms with E-state index in [1.165, 1.54) is 0 Å². The topological polar surface area (TPSA) is 110 Å². The molecule has 2 amide bonds. The molecule has 0 heterocycles. The number of hydrogen-bond donors (Lipinski definition) is 4. The van der Waals surface area contributed by atoms with Gasteiger partial charge in [-0.05, 0) is 12.8 Å². The smallest absolute Gasteiger partial charge is 0.238 e. The van der Waals surface area contributed by atoms with Crippen molar-refractivity contribution in [2.75, 3.05) is 0 Å². The molecule has 0 aromatic carbocycles. The van der Waals surface area contributed by atoms with Gasteiger partial charge in [-0.1, -0.05) is 12.2 Å². The monoisotopic (exact) mass is 198 g/mol. The quantitative estimate of drug-likeness (QED) is 0.188. The molecule has 6 heteroatoms. The lowest BCUT2D eigenvalue weighted by Crippen LogP contribution is -2.46. The molecule has 0 unspecified atom stereocenters. The number of amides is 2. The molecule has 78 valence electrons. The summed E-state index contributed by atoms with van der Waals surface area (Å²) in [5.41, 5.74) is 4.10. The summed E-state index contributed by atoms with van der Waals surface area (Å²) in [6.45, 7) is 0. The number of hydrazine groups is 2. The molecule has 0 aromatic rings. The Labute approximate surface area is 81.6 Å². The van der Waals surface area contributed by atoms with E-state index >= 15 is 0 Å². The maximum atomic E-state index is 11.3. The van der Waals surface area contributed by atoms with Crippen LogP contribution in [-0.4, -0.2) is 11.8 Å². The zero-order valence-electron chi connectivity index (χ0n) is 7.69. The molecule has 0 aliphatic heterocycles. The van der Waals surface area contributed by atoms with Gasteiger partial charge in [0.15, 0.2) is 0 Å². The van der Waals surface area contributed by atoms with Crippen LogP contribution in [0.4, 0.5) is 0 Å². The van der Waals surface area contributed by atoms with Gasteiger partial charge in [0, 0.05) is 0 Å². The Kier molecular flexibility index (Phi) is 3.61. The molecule has 1 aliphatic rings. The number of carbonyl (C=O) groups excluding carboxylic acids is 2. The summed E-state index contributed by atoms with van der Waals surface area (Å²) in [5.74, 6) is 8.53. The molecule has 0 bridgehead atoms. The highest BCUT2D eigenvalue weighted by Crippen LogP contribution is 2.25. The Morgan fingerprint density at radius 3 is 1.64 bits per heavy atom. The normalized spacial score (nSPS) is 25.6. The number of nitrogens with one attached hydrogen (secondary N) is 2. The van der Waals surface area contributed by atoms with Gasteiger partial charge in [-0.25, -0.2) is 11.7 Å². The maximum absolute atomic E-state index is 11.3. The van der Waals surface area contributed by atoms with E-state index in [4.69, 9.17) is 11.7 Å². The van der Waals surface area contributed by atoms with Gasteiger partial charge in [0.05, 0.1) is 11.8 Å². The number of rotatable bonds is 2. The summed E-state index contributed by atoms with van der Waals surface area (Å²) < 4.78 is 0. The van der Waals surface area contributed by atoms with Crippen LogP contribution >= 0.6 is 0 Å². The summed E-state index contributed by atoms with van der Waals surface area (Å²) in [6, 6.07) is 0. The van der Waals surface area contributed by atoms with E-state index in [1.807, 2.05) is 23.0 Å². The van der Waals surface area contributed by atoms with Crippen LogP contribution < -0.4 is 22.5 Å². The van der Waals surface area contributed by atoms with Gasteiger partial charge in [0.1, 0.15) is 0 Å². The Morgan fingerprint density at radius 1 is 1.00 bits per heavy atom. The van der Waals surface area contributed by atoms with E-state index < -0.39 is 11.8 Å². The van der Waals surface area contributed by atoms with E-state index in [2.05, 4.69) is 0 Å². The predicted molar refractivity (Wildman–Crippen MR) is 50.0 cm³/mol. The van der Waals surface area contributed by atoms with E-state index in [1.54, 1.807) is 0 Å². The fourth-order valence-electron chi connectivity index (χ4n) is 1.61. The third-order valence-corrected chi connectivity index (χ3v) is 2.39. The summed E-state index contributed by atoms with van der Waals surface area (Å²) >= 11 is 0. The molecule has 0 saturated heterocycles. The first-order valence-electron chi connectivity index (χ1n) is 4.36. The fraction of sp³-hybridized carbons (Fsp3) is 0.500. The maximum Gasteiger partial charge on any atom is 0.238 e. The van der Waals surface area contributed by atoms with Crippen molar-refractivity contribution in [1.82, 2.24) is 10.9 Å². The molecule has 6 nitrogen and oxygen atoms in total. The highest BCUT2D eigenvalue weighted by molar-refractivity contribution is 5.87. The molecule has 0 saturated carbocycles. The second kappa shape index (κ2) is 4.73. The van der Waals surface area contributed by atoms with Crippen molar-refractivity contribution in [3.05, 3.63) is 12.2 Å². The second-order valence-corrected chi connectivity index (χ2v) is 3.17. The van der Waals surface area contributed by atoms with Crippen molar-refractivity contribution in [2.45, 2.75) is 12.8 Å². The molecular formula is C8H14N4O2. The van der Waals surface area contributed by atoms with Crippen molar-refractivity contribution in [3.8, 4) is 0 Å². The summed E-state index contributed by atoms with van der Waals surface area (Å²) in [4.78, 5) is 22.6. The van der Waals surface area contributed by atoms with Crippen molar-refractivity contribution in [1.29, 1.82) is 0 Å². The first kappa shape index (κ1) is 10.7. The van der Waals surface area contributed by atoms with Crippen molar-refractivity contribution < 1.29 is 9.59 Å². The van der Waals surface area contributed by atoms with Crippen LogP contribution in [-0.2, 0) is 9.59 Å².